The third-order valence-corrected chi connectivity index (χ3v) is 2.02. The number of halogens is 2. The Kier molecular flexibility index (Phi) is 14.1. The van der Waals surface area contributed by atoms with Crippen molar-refractivity contribution in [1.82, 2.24) is 15.5 Å². The van der Waals surface area contributed by atoms with E-state index in [9.17, 15) is 9.18 Å². The van der Waals surface area contributed by atoms with Crippen LogP contribution in [0.1, 0.15) is 19.8 Å². The molecule has 7 heteroatoms. The number of nitrogens with one attached hydrogen (secondary N) is 2. The van der Waals surface area contributed by atoms with Crippen molar-refractivity contribution in [3.63, 3.8) is 0 Å². The summed E-state index contributed by atoms with van der Waals surface area (Å²) in [5.41, 5.74) is 0. The number of guanidine groups is 1. The number of aliphatic imine (C=N–C) groups is 1. The standard InChI is InChI=1S/C11H23FN4O.HI/c1-4-7-13-11(14-8-5-6-12)15-9-10(17)16(2)3;/h4-9H2,1-3H3,(H2,13,14,15);1H. The Morgan fingerprint density at radius 2 is 1.89 bits per heavy atom. The van der Waals surface area contributed by atoms with Gasteiger partial charge in [-0.1, -0.05) is 6.92 Å². The second kappa shape index (κ2) is 12.8. The fourth-order valence-electron chi connectivity index (χ4n) is 0.979. The number of hydrogen-bond donors (Lipinski definition) is 2. The van der Waals surface area contributed by atoms with Crippen LogP contribution >= 0.6 is 24.0 Å². The lowest BCUT2D eigenvalue weighted by atomic mass is 10.4. The number of carbonyl (C=O) groups is 1. The molecule has 0 saturated carbocycles. The highest BCUT2D eigenvalue weighted by molar-refractivity contribution is 14.0. The molecule has 0 atom stereocenters. The monoisotopic (exact) mass is 374 g/mol. The van der Waals surface area contributed by atoms with E-state index in [4.69, 9.17) is 0 Å². The summed E-state index contributed by atoms with van der Waals surface area (Å²) in [7, 11) is 3.38. The van der Waals surface area contributed by atoms with Crippen molar-refractivity contribution in [2.45, 2.75) is 19.8 Å². The van der Waals surface area contributed by atoms with Gasteiger partial charge in [-0.2, -0.15) is 0 Å². The maximum absolute atomic E-state index is 12.0. The molecule has 0 aromatic carbocycles. The summed E-state index contributed by atoms with van der Waals surface area (Å²) in [6.45, 7) is 3.07. The third kappa shape index (κ3) is 10.5. The molecule has 0 aromatic heterocycles. The Morgan fingerprint density at radius 3 is 2.39 bits per heavy atom. The van der Waals surface area contributed by atoms with Crippen molar-refractivity contribution in [2.75, 3.05) is 40.4 Å². The molecule has 1 amide bonds. The maximum atomic E-state index is 12.0. The summed E-state index contributed by atoms with van der Waals surface area (Å²) >= 11 is 0. The van der Waals surface area contributed by atoms with Crippen molar-refractivity contribution >= 4 is 35.8 Å². The highest BCUT2D eigenvalue weighted by Gasteiger charge is 2.03. The van der Waals surface area contributed by atoms with Crippen LogP contribution in [0, 0.1) is 0 Å². The molecule has 0 aromatic rings. The van der Waals surface area contributed by atoms with Crippen molar-refractivity contribution in [3.05, 3.63) is 0 Å². The van der Waals surface area contributed by atoms with E-state index >= 15 is 0 Å². The minimum atomic E-state index is -0.356. The topological polar surface area (TPSA) is 56.7 Å². The van der Waals surface area contributed by atoms with Gasteiger partial charge in [-0.15, -0.1) is 24.0 Å². The quantitative estimate of drug-likeness (QED) is 0.303. The van der Waals surface area contributed by atoms with Gasteiger partial charge in [0.25, 0.3) is 0 Å². The molecule has 0 spiro atoms. The molecule has 18 heavy (non-hydrogen) atoms. The van der Waals surface area contributed by atoms with Crippen LogP contribution in [0.2, 0.25) is 0 Å². The Balaban J connectivity index is 0. The van der Waals surface area contributed by atoms with E-state index in [0.29, 0.717) is 18.9 Å². The fraction of sp³-hybridized carbons (Fsp3) is 0.818. The second-order valence-electron chi connectivity index (χ2n) is 3.85. The lowest BCUT2D eigenvalue weighted by molar-refractivity contribution is -0.127. The van der Waals surface area contributed by atoms with Gasteiger partial charge in [-0.25, -0.2) is 4.99 Å². The number of carbonyl (C=O) groups excluding carboxylic acids is 1. The summed E-state index contributed by atoms with van der Waals surface area (Å²) in [6, 6.07) is 0. The van der Waals surface area contributed by atoms with Gasteiger partial charge in [-0.05, 0) is 12.8 Å². The molecule has 0 fully saturated rings. The van der Waals surface area contributed by atoms with Gasteiger partial charge in [0.1, 0.15) is 6.54 Å². The highest BCUT2D eigenvalue weighted by atomic mass is 127. The van der Waals surface area contributed by atoms with Gasteiger partial charge in [0.05, 0.1) is 6.67 Å². The van der Waals surface area contributed by atoms with Gasteiger partial charge in [0.15, 0.2) is 5.96 Å². The van der Waals surface area contributed by atoms with E-state index in [2.05, 4.69) is 15.6 Å². The van der Waals surface area contributed by atoms with E-state index in [0.717, 1.165) is 13.0 Å². The molecular formula is C11H24FIN4O. The molecule has 0 heterocycles. The molecule has 0 saturated heterocycles. The zero-order chi connectivity index (χ0) is 13.1. The first kappa shape index (κ1) is 19.7. The van der Waals surface area contributed by atoms with E-state index in [1.54, 1.807) is 14.1 Å². The van der Waals surface area contributed by atoms with E-state index < -0.39 is 0 Å². The molecule has 0 aliphatic heterocycles. The summed E-state index contributed by atoms with van der Waals surface area (Å²) in [5.74, 6) is 0.503. The first-order valence-electron chi connectivity index (χ1n) is 5.90. The normalized spacial score (nSPS) is 10.6. The Morgan fingerprint density at radius 1 is 1.28 bits per heavy atom. The van der Waals surface area contributed by atoms with Crippen molar-refractivity contribution in [3.8, 4) is 0 Å². The second-order valence-corrected chi connectivity index (χ2v) is 3.85. The highest BCUT2D eigenvalue weighted by Crippen LogP contribution is 1.83. The van der Waals surface area contributed by atoms with Gasteiger partial charge < -0.3 is 15.5 Å². The first-order valence-corrected chi connectivity index (χ1v) is 5.90. The Bertz CT molecular complexity index is 249. The van der Waals surface area contributed by atoms with E-state index in [1.807, 2.05) is 6.92 Å². The molecule has 5 nitrogen and oxygen atoms in total. The SMILES string of the molecule is CCCNC(=NCC(=O)N(C)C)NCCCF.I. The van der Waals surface area contributed by atoms with Crippen molar-refractivity contribution in [1.29, 1.82) is 0 Å². The maximum Gasteiger partial charge on any atom is 0.243 e. The smallest absolute Gasteiger partial charge is 0.243 e. The number of nitrogens with zero attached hydrogens (tertiary/aromatic N) is 2. The Hall–Kier alpha value is -0.600. The minimum Gasteiger partial charge on any atom is -0.356 e. The van der Waals surface area contributed by atoms with Crippen LogP contribution in [0.4, 0.5) is 4.39 Å². The predicted octanol–water partition coefficient (Wildman–Crippen LogP) is 0.997. The minimum absolute atomic E-state index is 0. The van der Waals surface area contributed by atoms with E-state index in [-0.39, 0.29) is 43.1 Å². The number of likely N-dealkylation sites (N-methyl/N-ethyl adjacent to an activating group) is 1. The van der Waals surface area contributed by atoms with Crippen LogP contribution in [-0.2, 0) is 4.79 Å². The zero-order valence-electron chi connectivity index (χ0n) is 11.3. The van der Waals surface area contributed by atoms with Crippen molar-refractivity contribution < 1.29 is 9.18 Å². The number of rotatable bonds is 7. The largest absolute Gasteiger partial charge is 0.356 e. The lowest BCUT2D eigenvalue weighted by Crippen LogP contribution is -2.39. The van der Waals surface area contributed by atoms with Gasteiger partial charge in [-0.3, -0.25) is 9.18 Å². The zero-order valence-corrected chi connectivity index (χ0v) is 13.7. The molecule has 0 rings (SSSR count). The predicted molar refractivity (Wildman–Crippen MR) is 83.3 cm³/mol. The van der Waals surface area contributed by atoms with Crippen LogP contribution in [0.5, 0.6) is 0 Å². The molecular weight excluding hydrogens is 350 g/mol. The van der Waals surface area contributed by atoms with Crippen LogP contribution in [-0.4, -0.2) is 57.2 Å². The van der Waals surface area contributed by atoms with Crippen LogP contribution in [0.25, 0.3) is 0 Å². The van der Waals surface area contributed by atoms with Gasteiger partial charge in [0.2, 0.25) is 5.91 Å². The van der Waals surface area contributed by atoms with Gasteiger partial charge in [0, 0.05) is 27.2 Å². The van der Waals surface area contributed by atoms with Crippen LogP contribution in [0.3, 0.4) is 0 Å². The fourth-order valence-corrected chi connectivity index (χ4v) is 0.979. The first-order chi connectivity index (χ1) is 8.11. The van der Waals surface area contributed by atoms with E-state index in [1.165, 1.54) is 4.90 Å². The number of amides is 1. The molecule has 0 unspecified atom stereocenters. The molecule has 108 valence electrons. The summed E-state index contributed by atoms with van der Waals surface area (Å²) < 4.78 is 12.0. The molecule has 0 aliphatic rings. The molecule has 2 N–H and O–H groups in total. The molecule has 0 radical (unpaired) electrons. The number of hydrogen-bond acceptors (Lipinski definition) is 2. The average molecular weight is 374 g/mol. The van der Waals surface area contributed by atoms with Crippen LogP contribution in [0.15, 0.2) is 4.99 Å². The molecule has 0 bridgehead atoms. The van der Waals surface area contributed by atoms with Gasteiger partial charge >= 0.3 is 0 Å². The summed E-state index contributed by atoms with van der Waals surface area (Å²) in [4.78, 5) is 17.0. The summed E-state index contributed by atoms with van der Waals surface area (Å²) in [6.07, 6.45) is 1.40. The Labute approximate surface area is 126 Å². The molecule has 0 aliphatic carbocycles. The van der Waals surface area contributed by atoms with Crippen LogP contribution < -0.4 is 10.6 Å². The average Bonchev–Trinajstić information content (AvgIpc) is 2.31. The summed E-state index contributed by atoms with van der Waals surface area (Å²) in [5, 5.41) is 6.05. The lowest BCUT2D eigenvalue weighted by Gasteiger charge is -2.12. The van der Waals surface area contributed by atoms with Crippen molar-refractivity contribution in [2.24, 2.45) is 4.99 Å². The number of alkyl halides is 1. The third-order valence-electron chi connectivity index (χ3n) is 2.02.